The number of carbonyl (C=O) groups is 1. The summed E-state index contributed by atoms with van der Waals surface area (Å²) in [6, 6.07) is 10.1. The number of amides is 1. The second kappa shape index (κ2) is 8.05. The monoisotopic (exact) mass is 366 g/mol. The van der Waals surface area contributed by atoms with Crippen molar-refractivity contribution < 1.29 is 9.90 Å². The first-order chi connectivity index (χ1) is 13.3. The fourth-order valence-corrected chi connectivity index (χ4v) is 4.10. The average molecular weight is 366 g/mol. The predicted octanol–water partition coefficient (Wildman–Crippen LogP) is 1.96. The molecule has 6 nitrogen and oxygen atoms in total. The second-order valence-corrected chi connectivity index (χ2v) is 7.32. The maximum absolute atomic E-state index is 12.4. The molecule has 27 heavy (non-hydrogen) atoms. The van der Waals surface area contributed by atoms with Crippen molar-refractivity contribution in [2.45, 2.75) is 32.1 Å². The molecule has 0 spiro atoms. The van der Waals surface area contributed by atoms with Crippen molar-refractivity contribution in [3.8, 4) is 11.4 Å². The molecule has 1 aromatic carbocycles. The van der Waals surface area contributed by atoms with Crippen LogP contribution in [0.4, 0.5) is 5.82 Å². The quantitative estimate of drug-likeness (QED) is 0.846. The van der Waals surface area contributed by atoms with Gasteiger partial charge in [0.15, 0.2) is 5.82 Å². The molecule has 6 heteroatoms. The number of aliphatic hydroxyl groups excluding tert-OH is 1. The minimum Gasteiger partial charge on any atom is -0.395 e. The highest BCUT2D eigenvalue weighted by Gasteiger charge is 2.30. The maximum Gasteiger partial charge on any atom is 0.224 e. The molecule has 142 valence electrons. The first-order valence-electron chi connectivity index (χ1n) is 9.85. The van der Waals surface area contributed by atoms with Crippen LogP contribution in [0, 0.1) is 5.92 Å². The van der Waals surface area contributed by atoms with Crippen molar-refractivity contribution in [1.29, 1.82) is 0 Å². The molecule has 4 rings (SSSR count). The Morgan fingerprint density at radius 1 is 1.19 bits per heavy atom. The molecule has 0 saturated carbocycles. The molecule has 0 radical (unpaired) electrons. The highest BCUT2D eigenvalue weighted by Crippen LogP contribution is 2.33. The minimum atomic E-state index is -0.0579. The SMILES string of the molecule is O=C(NCCO)[C@@H]1CCCN(c2nc(-c3ccccc3)nc3c2CCC3)C1. The molecule has 1 aliphatic carbocycles. The van der Waals surface area contributed by atoms with Crippen molar-refractivity contribution in [1.82, 2.24) is 15.3 Å². The molecule has 2 aromatic rings. The number of piperidine rings is 1. The zero-order valence-electron chi connectivity index (χ0n) is 15.5. The summed E-state index contributed by atoms with van der Waals surface area (Å²) in [5, 5.41) is 11.8. The van der Waals surface area contributed by atoms with Gasteiger partial charge in [-0.15, -0.1) is 0 Å². The zero-order valence-corrected chi connectivity index (χ0v) is 15.5. The second-order valence-electron chi connectivity index (χ2n) is 7.32. The lowest BCUT2D eigenvalue weighted by Gasteiger charge is -2.34. The number of benzene rings is 1. The highest BCUT2D eigenvalue weighted by atomic mass is 16.3. The van der Waals surface area contributed by atoms with Crippen LogP contribution < -0.4 is 10.2 Å². The largest absolute Gasteiger partial charge is 0.395 e. The van der Waals surface area contributed by atoms with Gasteiger partial charge in [-0.25, -0.2) is 9.97 Å². The van der Waals surface area contributed by atoms with Crippen LogP contribution in [-0.2, 0) is 17.6 Å². The van der Waals surface area contributed by atoms with Crippen LogP contribution >= 0.6 is 0 Å². The van der Waals surface area contributed by atoms with E-state index in [0.29, 0.717) is 13.1 Å². The van der Waals surface area contributed by atoms with Crippen molar-refractivity contribution in [2.75, 3.05) is 31.1 Å². The van der Waals surface area contributed by atoms with Gasteiger partial charge in [0.05, 0.1) is 12.5 Å². The Kier molecular flexibility index (Phi) is 5.34. The summed E-state index contributed by atoms with van der Waals surface area (Å²) in [7, 11) is 0. The van der Waals surface area contributed by atoms with Gasteiger partial charge in [0.2, 0.25) is 5.91 Å². The molecule has 2 aliphatic rings. The number of fused-ring (bicyclic) bond motifs is 1. The number of aliphatic hydroxyl groups is 1. The van der Waals surface area contributed by atoms with Crippen LogP contribution in [0.5, 0.6) is 0 Å². The fraction of sp³-hybridized carbons (Fsp3) is 0.476. The van der Waals surface area contributed by atoms with E-state index in [1.165, 1.54) is 5.56 Å². The molecule has 0 bridgehead atoms. The summed E-state index contributed by atoms with van der Waals surface area (Å²) < 4.78 is 0. The standard InChI is InChI=1S/C21H26N4O2/c26-13-11-22-21(27)16-8-5-12-25(14-16)20-17-9-4-10-18(17)23-19(24-20)15-6-2-1-3-7-15/h1-3,6-7,16,26H,4-5,8-14H2,(H,22,27)/t16-/m1/s1. The van der Waals surface area contributed by atoms with E-state index < -0.39 is 0 Å². The van der Waals surface area contributed by atoms with Crippen molar-refractivity contribution in [2.24, 2.45) is 5.92 Å². The molecule has 1 saturated heterocycles. The molecule has 1 amide bonds. The number of hydrogen-bond donors (Lipinski definition) is 2. The van der Waals surface area contributed by atoms with Crippen molar-refractivity contribution >= 4 is 11.7 Å². The van der Waals surface area contributed by atoms with Gasteiger partial charge in [-0.05, 0) is 32.1 Å². The van der Waals surface area contributed by atoms with E-state index >= 15 is 0 Å². The fourth-order valence-electron chi connectivity index (χ4n) is 4.10. The molecule has 1 aromatic heterocycles. The van der Waals surface area contributed by atoms with Crippen LogP contribution in [0.1, 0.15) is 30.5 Å². The van der Waals surface area contributed by atoms with Crippen LogP contribution in [0.25, 0.3) is 11.4 Å². The van der Waals surface area contributed by atoms with Gasteiger partial charge in [-0.3, -0.25) is 4.79 Å². The first-order valence-corrected chi connectivity index (χ1v) is 9.85. The molecule has 1 fully saturated rings. The van der Waals surface area contributed by atoms with Gasteiger partial charge in [-0.2, -0.15) is 0 Å². The summed E-state index contributed by atoms with van der Waals surface area (Å²) in [5.41, 5.74) is 3.44. The Morgan fingerprint density at radius 2 is 2.04 bits per heavy atom. The Morgan fingerprint density at radius 3 is 2.85 bits per heavy atom. The van der Waals surface area contributed by atoms with E-state index in [0.717, 1.165) is 61.5 Å². The molecule has 2 heterocycles. The molecule has 1 aliphatic heterocycles. The first kappa shape index (κ1) is 17.9. The maximum atomic E-state index is 12.4. The van der Waals surface area contributed by atoms with Crippen molar-refractivity contribution in [3.63, 3.8) is 0 Å². The number of anilines is 1. The normalized spacial score (nSPS) is 19.0. The van der Waals surface area contributed by atoms with E-state index in [1.807, 2.05) is 30.3 Å². The number of carbonyl (C=O) groups excluding carboxylic acids is 1. The van der Waals surface area contributed by atoms with E-state index in [2.05, 4.69) is 10.2 Å². The zero-order chi connectivity index (χ0) is 18.6. The summed E-state index contributed by atoms with van der Waals surface area (Å²) >= 11 is 0. The Labute approximate surface area is 159 Å². The number of aromatic nitrogens is 2. The lowest BCUT2D eigenvalue weighted by Crippen LogP contribution is -2.44. The predicted molar refractivity (Wildman–Crippen MR) is 105 cm³/mol. The Balaban J connectivity index is 1.62. The summed E-state index contributed by atoms with van der Waals surface area (Å²) in [5.74, 6) is 1.76. The summed E-state index contributed by atoms with van der Waals surface area (Å²) in [4.78, 5) is 24.4. The van der Waals surface area contributed by atoms with Gasteiger partial charge in [0.1, 0.15) is 5.82 Å². The minimum absolute atomic E-state index is 0.0258. The van der Waals surface area contributed by atoms with Gasteiger partial charge < -0.3 is 15.3 Å². The van der Waals surface area contributed by atoms with Crippen LogP contribution in [0.3, 0.4) is 0 Å². The average Bonchev–Trinajstić information content (AvgIpc) is 3.20. The molecule has 0 unspecified atom stereocenters. The van der Waals surface area contributed by atoms with Gasteiger partial charge >= 0.3 is 0 Å². The third kappa shape index (κ3) is 3.81. The molecule has 2 N–H and O–H groups in total. The molecular weight excluding hydrogens is 340 g/mol. The Hall–Kier alpha value is -2.47. The van der Waals surface area contributed by atoms with Gasteiger partial charge in [0.25, 0.3) is 0 Å². The lowest BCUT2D eigenvalue weighted by atomic mass is 9.96. The summed E-state index contributed by atoms with van der Waals surface area (Å²) in [6.45, 7) is 1.88. The molecule has 1 atom stereocenters. The van der Waals surface area contributed by atoms with Crippen LogP contribution in [0.15, 0.2) is 30.3 Å². The van der Waals surface area contributed by atoms with Gasteiger partial charge in [-0.1, -0.05) is 30.3 Å². The number of aryl methyl sites for hydroxylation is 1. The van der Waals surface area contributed by atoms with Crippen LogP contribution in [-0.4, -0.2) is 47.2 Å². The lowest BCUT2D eigenvalue weighted by molar-refractivity contribution is -0.125. The van der Waals surface area contributed by atoms with Crippen LogP contribution in [0.2, 0.25) is 0 Å². The third-order valence-electron chi connectivity index (χ3n) is 5.45. The summed E-state index contributed by atoms with van der Waals surface area (Å²) in [6.07, 6.45) is 4.98. The number of nitrogens with zero attached hydrogens (tertiary/aromatic N) is 3. The van der Waals surface area contributed by atoms with E-state index in [4.69, 9.17) is 15.1 Å². The third-order valence-corrected chi connectivity index (χ3v) is 5.45. The van der Waals surface area contributed by atoms with E-state index in [-0.39, 0.29) is 18.4 Å². The highest BCUT2D eigenvalue weighted by molar-refractivity contribution is 5.79. The Bertz CT molecular complexity index is 809. The van der Waals surface area contributed by atoms with E-state index in [9.17, 15) is 4.79 Å². The van der Waals surface area contributed by atoms with Crippen molar-refractivity contribution in [3.05, 3.63) is 41.6 Å². The van der Waals surface area contributed by atoms with Gasteiger partial charge in [0, 0.05) is 36.5 Å². The number of rotatable bonds is 5. The number of hydrogen-bond acceptors (Lipinski definition) is 5. The molecular formula is C21H26N4O2. The van der Waals surface area contributed by atoms with E-state index in [1.54, 1.807) is 0 Å². The topological polar surface area (TPSA) is 78.4 Å². The smallest absolute Gasteiger partial charge is 0.224 e. The number of nitrogens with one attached hydrogen (secondary N) is 1.